The summed E-state index contributed by atoms with van der Waals surface area (Å²) in [6.07, 6.45) is 4.88. The summed E-state index contributed by atoms with van der Waals surface area (Å²) in [5, 5.41) is 27.0. The summed E-state index contributed by atoms with van der Waals surface area (Å²) in [7, 11) is 0. The zero-order valence-electron chi connectivity index (χ0n) is 24.5. The quantitative estimate of drug-likeness (QED) is 0.234. The number of nitrogens with zero attached hydrogens (tertiary/aromatic N) is 7. The number of carboxylic acid groups (broad SMARTS) is 1. The highest BCUT2D eigenvalue weighted by Gasteiger charge is 2.60. The van der Waals surface area contributed by atoms with Gasteiger partial charge in [0.1, 0.15) is 18.6 Å². The molecule has 7 atom stereocenters. The zero-order valence-corrected chi connectivity index (χ0v) is 25.3. The van der Waals surface area contributed by atoms with Crippen LogP contribution >= 0.6 is 11.8 Å². The Morgan fingerprint density at radius 3 is 2.65 bits per heavy atom. The minimum atomic E-state index is -1.14. The summed E-state index contributed by atoms with van der Waals surface area (Å²) >= 11 is 1.46. The number of nitrogens with one attached hydrogen (secondary N) is 2. The third kappa shape index (κ3) is 5.77. The molecule has 1 aromatic heterocycles. The van der Waals surface area contributed by atoms with Crippen molar-refractivity contribution in [3.8, 4) is 0 Å². The van der Waals surface area contributed by atoms with E-state index in [0.29, 0.717) is 23.9 Å². The van der Waals surface area contributed by atoms with Crippen LogP contribution in [-0.4, -0.2) is 132 Å². The minimum absolute atomic E-state index is 0.00467. The Labute approximate surface area is 253 Å². The van der Waals surface area contributed by atoms with Crippen molar-refractivity contribution < 1.29 is 24.3 Å². The number of hydrogen-bond donors (Lipinski definition) is 4. The number of carbonyl (C=O) groups excluding carboxylic acids is 3. The molecule has 5 aliphatic heterocycles. The number of tetrazole rings is 1. The van der Waals surface area contributed by atoms with Gasteiger partial charge in [0, 0.05) is 66.9 Å². The Morgan fingerprint density at radius 2 is 2.00 bits per heavy atom. The molecule has 6 heterocycles. The van der Waals surface area contributed by atoms with Gasteiger partial charge in [-0.2, -0.15) is 0 Å². The van der Waals surface area contributed by atoms with Crippen molar-refractivity contribution in [3.63, 3.8) is 0 Å². The minimum Gasteiger partial charge on any atom is -0.477 e. The van der Waals surface area contributed by atoms with Gasteiger partial charge < -0.3 is 31.3 Å². The number of aliphatic carboxylic acids is 1. The number of thioether (sulfide) groups is 1. The number of piperidine rings is 1. The average Bonchev–Trinajstić information content (AvgIpc) is 3.77. The summed E-state index contributed by atoms with van der Waals surface area (Å²) in [6.45, 7) is 7.65. The lowest BCUT2D eigenvalue weighted by Gasteiger charge is -2.47. The van der Waals surface area contributed by atoms with Crippen molar-refractivity contribution in [1.82, 2.24) is 45.5 Å². The van der Waals surface area contributed by atoms with E-state index in [1.807, 2.05) is 11.8 Å². The molecule has 6 rings (SSSR count). The van der Waals surface area contributed by atoms with Crippen LogP contribution in [0.5, 0.6) is 0 Å². The number of carbonyl (C=O) groups is 4. The Kier molecular flexibility index (Phi) is 8.45. The van der Waals surface area contributed by atoms with Gasteiger partial charge in [0.25, 0.3) is 0 Å². The van der Waals surface area contributed by atoms with Gasteiger partial charge in [-0.15, -0.1) is 16.9 Å². The van der Waals surface area contributed by atoms with Crippen LogP contribution in [-0.2, 0) is 25.7 Å². The molecule has 3 amide bonds. The number of hydrogen-bond acceptors (Lipinski definition) is 11. The van der Waals surface area contributed by atoms with E-state index in [9.17, 15) is 24.3 Å². The summed E-state index contributed by atoms with van der Waals surface area (Å²) in [6, 6.07) is -0.419. The first-order valence-corrected chi connectivity index (χ1v) is 16.0. The van der Waals surface area contributed by atoms with Gasteiger partial charge >= 0.3 is 5.97 Å². The molecule has 43 heavy (non-hydrogen) atoms. The number of β-lactam (4-membered cyclic amide) rings is 1. The molecule has 0 aromatic carbocycles. The molecular weight excluding hydrogens is 576 g/mol. The number of fused-ring (bicyclic) bond motifs is 1. The molecule has 0 saturated carbocycles. The molecule has 5 N–H and O–H groups in total. The summed E-state index contributed by atoms with van der Waals surface area (Å²) in [5.41, 5.74) is 6.11. The number of rotatable bonds is 9. The van der Waals surface area contributed by atoms with Crippen LogP contribution in [0.3, 0.4) is 0 Å². The molecule has 4 saturated heterocycles. The lowest BCUT2D eigenvalue weighted by molar-refractivity contribution is -0.158. The van der Waals surface area contributed by atoms with E-state index >= 15 is 0 Å². The number of amides is 3. The van der Waals surface area contributed by atoms with Crippen molar-refractivity contribution in [2.45, 2.75) is 81.5 Å². The molecular formula is C27H40N10O5S. The second-order valence-electron chi connectivity index (χ2n) is 12.4. The van der Waals surface area contributed by atoms with E-state index < -0.39 is 17.9 Å². The average molecular weight is 617 g/mol. The second kappa shape index (κ2) is 12.1. The molecule has 0 unspecified atom stereocenters. The predicted octanol–water partition coefficient (Wildman–Crippen LogP) is -1.56. The maximum atomic E-state index is 13.4. The SMILES string of the molecule is C[C@@H](NC(=O)Cn1cnnn1)[C@H]1C(=O)N2C(C(=O)O)=C(S[C@@H]3CN[C@H](C(=O)N4CCC(N5CC[C@@H](N)C5)CC4)C3)[C@H](C)[C@H]12. The highest BCUT2D eigenvalue weighted by molar-refractivity contribution is 8.03. The number of likely N-dealkylation sites (tertiary alicyclic amines) is 2. The number of nitrogens with two attached hydrogens (primary N) is 1. The van der Waals surface area contributed by atoms with E-state index in [2.05, 4.69) is 31.1 Å². The van der Waals surface area contributed by atoms with Gasteiger partial charge in [0.2, 0.25) is 17.7 Å². The monoisotopic (exact) mass is 616 g/mol. The standard InChI is InChI=1S/C27H40N10O5S/c1-14-22-21(15(2)31-20(38)12-36-13-30-32-33-36)26(40)37(22)23(27(41)42)24(14)43-18-9-19(29-10-18)25(39)34-7-4-17(5-8-34)35-6-3-16(28)11-35/h13-19,21-22,29H,3-12,28H2,1-2H3,(H,31,38)(H,41,42)/t14-,15-,16-,18+,19+,21-,22-/m1/s1. The maximum absolute atomic E-state index is 13.4. The van der Waals surface area contributed by atoms with Crippen LogP contribution in [0.4, 0.5) is 0 Å². The van der Waals surface area contributed by atoms with E-state index in [4.69, 9.17) is 5.73 Å². The van der Waals surface area contributed by atoms with Gasteiger partial charge in [0.05, 0.1) is 18.0 Å². The fraction of sp³-hybridized carbons (Fsp3) is 0.741. The summed E-state index contributed by atoms with van der Waals surface area (Å²) in [4.78, 5) is 57.9. The Bertz CT molecular complexity index is 1280. The van der Waals surface area contributed by atoms with Crippen LogP contribution in [0.2, 0.25) is 0 Å². The van der Waals surface area contributed by atoms with Crippen molar-refractivity contribution in [3.05, 3.63) is 16.9 Å². The van der Waals surface area contributed by atoms with Gasteiger partial charge in [0.15, 0.2) is 0 Å². The van der Waals surface area contributed by atoms with Crippen molar-refractivity contribution in [2.24, 2.45) is 17.6 Å². The van der Waals surface area contributed by atoms with Gasteiger partial charge in [-0.25, -0.2) is 9.48 Å². The summed E-state index contributed by atoms with van der Waals surface area (Å²) in [5.74, 6) is -2.44. The molecule has 0 bridgehead atoms. The van der Waals surface area contributed by atoms with Crippen LogP contribution in [0, 0.1) is 11.8 Å². The van der Waals surface area contributed by atoms with Gasteiger partial charge in [-0.1, -0.05) is 6.92 Å². The van der Waals surface area contributed by atoms with E-state index in [-0.39, 0.29) is 59.3 Å². The Hall–Kier alpha value is -3.08. The van der Waals surface area contributed by atoms with Crippen molar-refractivity contribution in [1.29, 1.82) is 0 Å². The molecule has 16 heteroatoms. The van der Waals surface area contributed by atoms with Gasteiger partial charge in [-0.05, 0) is 43.0 Å². The predicted molar refractivity (Wildman–Crippen MR) is 155 cm³/mol. The second-order valence-corrected chi connectivity index (χ2v) is 13.8. The Morgan fingerprint density at radius 1 is 1.23 bits per heavy atom. The molecule has 1 aromatic rings. The fourth-order valence-corrected chi connectivity index (χ4v) is 8.94. The molecule has 5 aliphatic rings. The highest BCUT2D eigenvalue weighted by Crippen LogP contribution is 2.51. The summed E-state index contributed by atoms with van der Waals surface area (Å²) < 4.78 is 1.29. The molecule has 0 aliphatic carbocycles. The Balaban J connectivity index is 1.04. The lowest BCUT2D eigenvalue weighted by Crippen LogP contribution is -2.66. The van der Waals surface area contributed by atoms with E-state index in [0.717, 1.165) is 45.4 Å². The van der Waals surface area contributed by atoms with E-state index in [1.165, 1.54) is 27.7 Å². The molecule has 15 nitrogen and oxygen atoms in total. The first-order valence-electron chi connectivity index (χ1n) is 15.1. The third-order valence-corrected chi connectivity index (χ3v) is 11.2. The third-order valence-electron chi connectivity index (χ3n) is 9.65. The fourth-order valence-electron chi connectivity index (χ4n) is 7.47. The molecule has 0 spiro atoms. The van der Waals surface area contributed by atoms with Crippen LogP contribution in [0.25, 0.3) is 0 Å². The van der Waals surface area contributed by atoms with Gasteiger partial charge in [-0.3, -0.25) is 19.3 Å². The lowest BCUT2D eigenvalue weighted by atomic mass is 9.78. The molecule has 4 fully saturated rings. The van der Waals surface area contributed by atoms with Crippen LogP contribution in [0.15, 0.2) is 16.9 Å². The maximum Gasteiger partial charge on any atom is 0.353 e. The largest absolute Gasteiger partial charge is 0.477 e. The molecule has 234 valence electrons. The first kappa shape index (κ1) is 30.0. The van der Waals surface area contributed by atoms with Crippen molar-refractivity contribution >= 4 is 35.5 Å². The normalized spacial score (nSPS) is 32.2. The smallest absolute Gasteiger partial charge is 0.353 e. The first-order chi connectivity index (χ1) is 20.6. The topological polar surface area (TPSA) is 192 Å². The molecule has 0 radical (unpaired) electrons. The van der Waals surface area contributed by atoms with Crippen LogP contribution < -0.4 is 16.4 Å². The zero-order chi connectivity index (χ0) is 30.4. The highest BCUT2D eigenvalue weighted by atomic mass is 32.2. The number of carboxylic acids is 1. The van der Waals surface area contributed by atoms with Crippen LogP contribution in [0.1, 0.15) is 39.5 Å². The van der Waals surface area contributed by atoms with E-state index in [1.54, 1.807) is 6.92 Å². The number of aromatic nitrogens is 4. The van der Waals surface area contributed by atoms with Crippen molar-refractivity contribution in [2.75, 3.05) is 32.7 Å².